The second kappa shape index (κ2) is 9.96. The number of benzene rings is 1. The molecule has 206 valence electrons. The van der Waals surface area contributed by atoms with Gasteiger partial charge in [0.25, 0.3) is 0 Å². The number of imidazole rings is 1. The van der Waals surface area contributed by atoms with Crippen molar-refractivity contribution in [3.63, 3.8) is 0 Å². The van der Waals surface area contributed by atoms with Gasteiger partial charge in [-0.2, -0.15) is 0 Å². The van der Waals surface area contributed by atoms with Crippen LogP contribution in [-0.4, -0.2) is 34.5 Å². The van der Waals surface area contributed by atoms with Gasteiger partial charge in [0.2, 0.25) is 15.9 Å². The zero-order valence-corrected chi connectivity index (χ0v) is 24.1. The van der Waals surface area contributed by atoms with Crippen molar-refractivity contribution >= 4 is 32.8 Å². The molecule has 4 rings (SSSR count). The number of fused-ring (bicyclic) bond motifs is 1. The predicted octanol–water partition coefficient (Wildman–Crippen LogP) is 4.38. The SMILES string of the molecule is CC(=O)Nc1ccc(S(=O)(=O)NC2CC(c3ccc4c(n3)n(C)c(=O)n4CC(C)(C)C)CCC2(C)C)cc1. The Morgan fingerprint density at radius 1 is 1.13 bits per heavy atom. The highest BCUT2D eigenvalue weighted by molar-refractivity contribution is 7.89. The summed E-state index contributed by atoms with van der Waals surface area (Å²) in [7, 11) is -2.03. The van der Waals surface area contributed by atoms with E-state index in [1.54, 1.807) is 28.3 Å². The van der Waals surface area contributed by atoms with Gasteiger partial charge in [-0.05, 0) is 66.5 Å². The molecule has 1 fully saturated rings. The molecule has 10 heteroatoms. The molecule has 2 heterocycles. The van der Waals surface area contributed by atoms with Crippen molar-refractivity contribution in [1.82, 2.24) is 18.8 Å². The Bertz CT molecular complexity index is 1510. The summed E-state index contributed by atoms with van der Waals surface area (Å²) in [5, 5.41) is 2.65. The standard InChI is InChI=1S/C28H39N5O4S/c1-18(34)29-20-8-10-21(11-9-20)38(36,37)31-24-16-19(14-15-28(24,5)6)22-12-13-23-25(30-22)32(7)26(35)33(23)17-27(2,3)4/h8-13,19,24,31H,14-17H2,1-7H3,(H,29,34). The van der Waals surface area contributed by atoms with Crippen LogP contribution in [0.4, 0.5) is 5.69 Å². The summed E-state index contributed by atoms with van der Waals surface area (Å²) >= 11 is 0. The Morgan fingerprint density at radius 3 is 2.39 bits per heavy atom. The Morgan fingerprint density at radius 2 is 1.79 bits per heavy atom. The fraction of sp³-hybridized carbons (Fsp3) is 0.536. The minimum Gasteiger partial charge on any atom is -0.326 e. The van der Waals surface area contributed by atoms with E-state index in [1.165, 1.54) is 19.1 Å². The molecule has 0 spiro atoms. The quantitative estimate of drug-likeness (QED) is 0.481. The molecule has 0 aliphatic heterocycles. The van der Waals surface area contributed by atoms with Gasteiger partial charge < -0.3 is 5.32 Å². The van der Waals surface area contributed by atoms with Crippen LogP contribution in [0.25, 0.3) is 11.2 Å². The maximum absolute atomic E-state index is 13.3. The van der Waals surface area contributed by atoms with E-state index in [0.717, 1.165) is 24.1 Å². The van der Waals surface area contributed by atoms with Crippen molar-refractivity contribution in [1.29, 1.82) is 0 Å². The Labute approximate surface area is 224 Å². The molecule has 1 aliphatic carbocycles. The van der Waals surface area contributed by atoms with Gasteiger partial charge in [-0.15, -0.1) is 0 Å². The topological polar surface area (TPSA) is 115 Å². The van der Waals surface area contributed by atoms with Crippen LogP contribution < -0.4 is 15.7 Å². The molecule has 2 N–H and O–H groups in total. The summed E-state index contributed by atoms with van der Waals surface area (Å²) in [4.78, 5) is 29.3. The van der Waals surface area contributed by atoms with E-state index in [0.29, 0.717) is 24.3 Å². The van der Waals surface area contributed by atoms with E-state index in [-0.39, 0.29) is 39.3 Å². The summed E-state index contributed by atoms with van der Waals surface area (Å²) in [6.07, 6.45) is 2.31. The lowest BCUT2D eigenvalue weighted by Gasteiger charge is -2.42. The van der Waals surface area contributed by atoms with Crippen molar-refractivity contribution < 1.29 is 13.2 Å². The van der Waals surface area contributed by atoms with E-state index >= 15 is 0 Å². The van der Waals surface area contributed by atoms with Gasteiger partial charge in [-0.3, -0.25) is 13.9 Å². The molecule has 38 heavy (non-hydrogen) atoms. The largest absolute Gasteiger partial charge is 0.330 e. The zero-order valence-electron chi connectivity index (χ0n) is 23.3. The van der Waals surface area contributed by atoms with Crippen molar-refractivity contribution in [3.05, 3.63) is 52.6 Å². The first-order valence-electron chi connectivity index (χ1n) is 13.0. The molecule has 1 aliphatic rings. The van der Waals surface area contributed by atoms with Crippen LogP contribution in [0.5, 0.6) is 0 Å². The van der Waals surface area contributed by atoms with Crippen LogP contribution in [0.1, 0.15) is 72.4 Å². The zero-order chi connectivity index (χ0) is 28.0. The smallest absolute Gasteiger partial charge is 0.326 e. The predicted molar refractivity (Wildman–Crippen MR) is 150 cm³/mol. The number of aryl methyl sites for hydroxylation is 1. The summed E-state index contributed by atoms with van der Waals surface area (Å²) < 4.78 is 32.9. The van der Waals surface area contributed by atoms with E-state index in [9.17, 15) is 18.0 Å². The monoisotopic (exact) mass is 541 g/mol. The van der Waals surface area contributed by atoms with Crippen LogP contribution in [0.3, 0.4) is 0 Å². The van der Waals surface area contributed by atoms with Crippen LogP contribution in [0.2, 0.25) is 0 Å². The molecule has 1 saturated carbocycles. The Kier molecular flexibility index (Phi) is 7.35. The maximum Gasteiger partial charge on any atom is 0.330 e. The lowest BCUT2D eigenvalue weighted by molar-refractivity contribution is -0.114. The number of nitrogens with zero attached hydrogens (tertiary/aromatic N) is 3. The molecule has 1 aromatic carbocycles. The van der Waals surface area contributed by atoms with Crippen LogP contribution >= 0.6 is 0 Å². The fourth-order valence-corrected chi connectivity index (χ4v) is 6.66. The minimum absolute atomic E-state index is 0.0552. The highest BCUT2D eigenvalue weighted by Gasteiger charge is 2.40. The molecule has 0 bridgehead atoms. The molecule has 1 amide bonds. The van der Waals surface area contributed by atoms with Gasteiger partial charge in [0.05, 0.1) is 10.4 Å². The van der Waals surface area contributed by atoms with Crippen molar-refractivity contribution in [3.8, 4) is 0 Å². The third-order valence-corrected chi connectivity index (χ3v) is 8.92. The lowest BCUT2D eigenvalue weighted by atomic mass is 9.69. The molecule has 9 nitrogen and oxygen atoms in total. The number of hydrogen-bond acceptors (Lipinski definition) is 5. The first kappa shape index (κ1) is 28.0. The van der Waals surface area contributed by atoms with E-state index in [4.69, 9.17) is 4.98 Å². The lowest BCUT2D eigenvalue weighted by Crippen LogP contribution is -2.48. The maximum atomic E-state index is 13.3. The number of amides is 1. The van der Waals surface area contributed by atoms with Crippen molar-refractivity contribution in [2.75, 3.05) is 5.32 Å². The number of aromatic nitrogens is 3. The average molecular weight is 542 g/mol. The first-order chi connectivity index (χ1) is 17.6. The minimum atomic E-state index is -3.77. The first-order valence-corrected chi connectivity index (χ1v) is 14.5. The molecular formula is C28H39N5O4S. The number of sulfonamides is 1. The van der Waals surface area contributed by atoms with E-state index in [1.807, 2.05) is 12.1 Å². The third-order valence-electron chi connectivity index (χ3n) is 7.44. The molecule has 0 saturated heterocycles. The molecule has 3 aromatic rings. The van der Waals surface area contributed by atoms with Gasteiger partial charge in [-0.25, -0.2) is 22.9 Å². The van der Waals surface area contributed by atoms with Crippen molar-refractivity contribution in [2.45, 2.75) is 84.2 Å². The molecule has 2 atom stereocenters. The molecule has 2 aromatic heterocycles. The normalized spacial score (nSPS) is 20.0. The van der Waals surface area contributed by atoms with Gasteiger partial charge in [-0.1, -0.05) is 34.6 Å². The molecular weight excluding hydrogens is 502 g/mol. The molecule has 2 unspecified atom stereocenters. The van der Waals surface area contributed by atoms with Gasteiger partial charge in [0.15, 0.2) is 5.65 Å². The number of carbonyl (C=O) groups excluding carboxylic acids is 1. The van der Waals surface area contributed by atoms with Gasteiger partial charge in [0, 0.05) is 43.9 Å². The third kappa shape index (κ3) is 5.86. The number of rotatable bonds is 6. The summed E-state index contributed by atoms with van der Waals surface area (Å²) in [6, 6.07) is 9.82. The van der Waals surface area contributed by atoms with E-state index < -0.39 is 10.0 Å². The summed E-state index contributed by atoms with van der Waals surface area (Å²) in [5.74, 6) is -0.158. The van der Waals surface area contributed by atoms with Gasteiger partial charge >= 0.3 is 5.69 Å². The number of hydrogen-bond donors (Lipinski definition) is 2. The average Bonchev–Trinajstić information content (AvgIpc) is 3.03. The number of nitrogens with one attached hydrogen (secondary N) is 2. The number of carbonyl (C=O) groups is 1. The second-order valence-corrected chi connectivity index (χ2v) is 14.1. The second-order valence-electron chi connectivity index (χ2n) is 12.4. The number of anilines is 1. The fourth-order valence-electron chi connectivity index (χ4n) is 5.24. The van der Waals surface area contributed by atoms with E-state index in [2.05, 4.69) is 44.7 Å². The van der Waals surface area contributed by atoms with Crippen LogP contribution in [0, 0.1) is 10.8 Å². The van der Waals surface area contributed by atoms with Crippen LogP contribution in [0.15, 0.2) is 46.1 Å². The highest BCUT2D eigenvalue weighted by Crippen LogP contribution is 2.43. The Balaban J connectivity index is 1.59. The molecule has 0 radical (unpaired) electrons. The summed E-state index contributed by atoms with van der Waals surface area (Å²) in [6.45, 7) is 12.5. The Hall–Kier alpha value is -2.98. The van der Waals surface area contributed by atoms with Crippen molar-refractivity contribution in [2.24, 2.45) is 17.9 Å². The summed E-state index contributed by atoms with van der Waals surface area (Å²) in [5.41, 5.74) is 2.50. The van der Waals surface area contributed by atoms with Gasteiger partial charge in [0.1, 0.15) is 0 Å². The highest BCUT2D eigenvalue weighted by atomic mass is 32.2. The van der Waals surface area contributed by atoms with Crippen LogP contribution in [-0.2, 0) is 28.4 Å². The number of pyridine rings is 1.